The van der Waals surface area contributed by atoms with Crippen molar-refractivity contribution in [3.63, 3.8) is 0 Å². The Labute approximate surface area is 191 Å². The number of hydrogen-bond donors (Lipinski definition) is 2. The summed E-state index contributed by atoms with van der Waals surface area (Å²) in [7, 11) is 0. The average molecular weight is 469 g/mol. The fourth-order valence-corrected chi connectivity index (χ4v) is 4.54. The zero-order chi connectivity index (χ0) is 24.2. The average Bonchev–Trinajstić information content (AvgIpc) is 2.78. The maximum Gasteiger partial charge on any atom is 0.416 e. The fourth-order valence-electron chi connectivity index (χ4n) is 4.54. The van der Waals surface area contributed by atoms with Gasteiger partial charge in [-0.2, -0.15) is 13.2 Å². The third kappa shape index (κ3) is 6.39. The second kappa shape index (κ2) is 10.4. The molecule has 0 spiro atoms. The van der Waals surface area contributed by atoms with Gasteiger partial charge in [-0.05, 0) is 55.9 Å². The molecule has 182 valence electrons. The van der Waals surface area contributed by atoms with Crippen LogP contribution in [0.2, 0.25) is 0 Å². The summed E-state index contributed by atoms with van der Waals surface area (Å²) in [5.74, 6) is -0.623. The van der Waals surface area contributed by atoms with Gasteiger partial charge in [-0.3, -0.25) is 9.59 Å². The largest absolute Gasteiger partial charge is 0.416 e. The molecule has 0 bridgehead atoms. The van der Waals surface area contributed by atoms with E-state index in [0.29, 0.717) is 70.3 Å². The number of nitrogens with zero attached hydrogens (tertiary/aromatic N) is 2. The molecule has 0 radical (unpaired) electrons. The topological polar surface area (TPSA) is 95.7 Å². The van der Waals surface area contributed by atoms with Crippen LogP contribution < -0.4 is 11.1 Å². The summed E-state index contributed by atoms with van der Waals surface area (Å²) in [6.07, 6.45) is -1.14. The molecule has 2 aliphatic rings. The molecular formula is C23H31F3N4O3. The van der Waals surface area contributed by atoms with Gasteiger partial charge in [-0.1, -0.05) is 13.3 Å². The Morgan fingerprint density at radius 3 is 2.15 bits per heavy atom. The van der Waals surface area contributed by atoms with Crippen molar-refractivity contribution in [3.8, 4) is 0 Å². The number of aryl methyl sites for hydroxylation is 1. The van der Waals surface area contributed by atoms with Gasteiger partial charge in [0.1, 0.15) is 0 Å². The zero-order valence-electron chi connectivity index (χ0n) is 18.8. The molecule has 0 unspecified atom stereocenters. The number of likely N-dealkylation sites (tertiary alicyclic amines) is 2. The third-order valence-corrected chi connectivity index (χ3v) is 6.42. The van der Waals surface area contributed by atoms with Crippen LogP contribution in [-0.4, -0.2) is 59.9 Å². The van der Waals surface area contributed by atoms with Crippen LogP contribution >= 0.6 is 0 Å². The number of piperidine rings is 2. The molecule has 10 heteroatoms. The van der Waals surface area contributed by atoms with E-state index in [0.717, 1.165) is 12.1 Å². The van der Waals surface area contributed by atoms with E-state index in [1.165, 1.54) is 11.0 Å². The predicted octanol–water partition coefficient (Wildman–Crippen LogP) is 3.17. The van der Waals surface area contributed by atoms with Crippen molar-refractivity contribution < 1.29 is 27.6 Å². The molecule has 3 rings (SSSR count). The van der Waals surface area contributed by atoms with Crippen LogP contribution in [0, 0.1) is 5.92 Å². The Kier molecular flexibility index (Phi) is 7.86. The van der Waals surface area contributed by atoms with Crippen LogP contribution in [-0.2, 0) is 17.4 Å². The number of amides is 4. The molecule has 33 heavy (non-hydrogen) atoms. The highest BCUT2D eigenvalue weighted by Crippen LogP contribution is 2.31. The van der Waals surface area contributed by atoms with Crippen molar-refractivity contribution in [2.75, 3.05) is 26.2 Å². The van der Waals surface area contributed by atoms with Crippen molar-refractivity contribution in [2.45, 2.75) is 57.7 Å². The molecule has 0 aromatic heterocycles. The van der Waals surface area contributed by atoms with E-state index in [2.05, 4.69) is 5.32 Å². The lowest BCUT2D eigenvalue weighted by Gasteiger charge is -2.37. The maximum absolute atomic E-state index is 13.2. The van der Waals surface area contributed by atoms with Crippen molar-refractivity contribution >= 4 is 17.8 Å². The molecule has 2 saturated heterocycles. The maximum atomic E-state index is 13.2. The number of nitrogens with one attached hydrogen (secondary N) is 1. The highest BCUT2D eigenvalue weighted by Gasteiger charge is 2.33. The number of alkyl halides is 3. The minimum Gasteiger partial charge on any atom is -0.351 e. The van der Waals surface area contributed by atoms with E-state index < -0.39 is 23.7 Å². The minimum absolute atomic E-state index is 0.00740. The van der Waals surface area contributed by atoms with E-state index in [9.17, 15) is 27.6 Å². The first kappa shape index (κ1) is 24.9. The zero-order valence-corrected chi connectivity index (χ0v) is 18.8. The van der Waals surface area contributed by atoms with Gasteiger partial charge in [0, 0.05) is 43.7 Å². The number of primary amides is 1. The van der Waals surface area contributed by atoms with Crippen LogP contribution in [0.5, 0.6) is 0 Å². The van der Waals surface area contributed by atoms with Crippen molar-refractivity contribution in [2.24, 2.45) is 11.7 Å². The van der Waals surface area contributed by atoms with E-state index in [-0.39, 0.29) is 23.4 Å². The van der Waals surface area contributed by atoms with Crippen LogP contribution in [0.3, 0.4) is 0 Å². The van der Waals surface area contributed by atoms with Crippen LogP contribution in [0.25, 0.3) is 0 Å². The number of hydrogen-bond acceptors (Lipinski definition) is 3. The Bertz CT molecular complexity index is 874. The van der Waals surface area contributed by atoms with Gasteiger partial charge in [-0.25, -0.2) is 4.79 Å². The summed E-state index contributed by atoms with van der Waals surface area (Å²) >= 11 is 0. The van der Waals surface area contributed by atoms with E-state index in [1.54, 1.807) is 4.90 Å². The lowest BCUT2D eigenvalue weighted by Crippen LogP contribution is -2.50. The SMILES string of the molecule is CCCc1cc(C(=O)NC2CCN(C(=O)C3CCN(C(N)=O)CC3)CC2)cc(C(F)(F)F)c1. The quantitative estimate of drug-likeness (QED) is 0.695. The molecule has 2 fully saturated rings. The monoisotopic (exact) mass is 468 g/mol. The molecule has 0 saturated carbocycles. The van der Waals surface area contributed by atoms with Crippen molar-refractivity contribution in [3.05, 3.63) is 34.9 Å². The van der Waals surface area contributed by atoms with Gasteiger partial charge < -0.3 is 20.9 Å². The highest BCUT2D eigenvalue weighted by atomic mass is 19.4. The molecule has 1 aromatic carbocycles. The number of carbonyl (C=O) groups is 3. The fraction of sp³-hybridized carbons (Fsp3) is 0.609. The summed E-state index contributed by atoms with van der Waals surface area (Å²) in [6.45, 7) is 3.76. The molecule has 1 aromatic rings. The number of rotatable bonds is 5. The number of urea groups is 1. The lowest BCUT2D eigenvalue weighted by molar-refractivity contribution is -0.138. The van der Waals surface area contributed by atoms with E-state index in [4.69, 9.17) is 5.73 Å². The van der Waals surface area contributed by atoms with Crippen LogP contribution in [0.4, 0.5) is 18.0 Å². The van der Waals surface area contributed by atoms with Crippen molar-refractivity contribution in [1.29, 1.82) is 0 Å². The Morgan fingerprint density at radius 2 is 1.61 bits per heavy atom. The van der Waals surface area contributed by atoms with Crippen LogP contribution in [0.1, 0.15) is 60.5 Å². The third-order valence-electron chi connectivity index (χ3n) is 6.42. The summed E-state index contributed by atoms with van der Waals surface area (Å²) in [5.41, 5.74) is 4.96. The normalized spacial score (nSPS) is 18.3. The number of nitrogens with two attached hydrogens (primary N) is 1. The molecule has 4 amide bonds. The van der Waals surface area contributed by atoms with Gasteiger partial charge in [-0.15, -0.1) is 0 Å². The number of benzene rings is 1. The van der Waals surface area contributed by atoms with Crippen molar-refractivity contribution in [1.82, 2.24) is 15.1 Å². The second-order valence-electron chi connectivity index (χ2n) is 8.84. The standard InChI is InChI=1S/C23H31F3N4O3/c1-2-3-15-12-17(14-18(13-15)23(24,25)26)20(31)28-19-6-10-29(11-7-19)21(32)16-4-8-30(9-5-16)22(27)33/h12-14,16,19H,2-11H2,1H3,(H2,27,33)(H,28,31). The molecule has 3 N–H and O–H groups in total. The molecular weight excluding hydrogens is 437 g/mol. The van der Waals surface area contributed by atoms with Gasteiger partial charge in [0.15, 0.2) is 0 Å². The Balaban J connectivity index is 1.55. The summed E-state index contributed by atoms with van der Waals surface area (Å²) in [4.78, 5) is 40.1. The molecule has 2 heterocycles. The minimum atomic E-state index is -4.52. The van der Waals surface area contributed by atoms with Crippen LogP contribution in [0.15, 0.2) is 18.2 Å². The van der Waals surface area contributed by atoms with Gasteiger partial charge >= 0.3 is 12.2 Å². The van der Waals surface area contributed by atoms with Gasteiger partial charge in [0.05, 0.1) is 5.56 Å². The first-order valence-corrected chi connectivity index (χ1v) is 11.4. The smallest absolute Gasteiger partial charge is 0.351 e. The molecule has 0 atom stereocenters. The Morgan fingerprint density at radius 1 is 1.00 bits per heavy atom. The second-order valence-corrected chi connectivity index (χ2v) is 8.84. The van der Waals surface area contributed by atoms with Gasteiger partial charge in [0.25, 0.3) is 5.91 Å². The summed E-state index contributed by atoms with van der Waals surface area (Å²) in [6, 6.07) is 2.83. The summed E-state index contributed by atoms with van der Waals surface area (Å²) in [5, 5.41) is 2.84. The Hall–Kier alpha value is -2.78. The highest BCUT2D eigenvalue weighted by molar-refractivity contribution is 5.94. The lowest BCUT2D eigenvalue weighted by atomic mass is 9.94. The van der Waals surface area contributed by atoms with Gasteiger partial charge in [0.2, 0.25) is 5.91 Å². The van der Waals surface area contributed by atoms with E-state index in [1.807, 2.05) is 6.92 Å². The van der Waals surface area contributed by atoms with E-state index >= 15 is 0 Å². The number of halogens is 3. The molecule has 0 aliphatic carbocycles. The predicted molar refractivity (Wildman–Crippen MR) is 116 cm³/mol. The molecule has 7 nitrogen and oxygen atoms in total. The summed E-state index contributed by atoms with van der Waals surface area (Å²) < 4.78 is 39.7. The number of carbonyl (C=O) groups excluding carboxylic acids is 3. The molecule has 2 aliphatic heterocycles. The first-order valence-electron chi connectivity index (χ1n) is 11.4. The first-order chi connectivity index (χ1) is 15.6.